The zero-order valence-corrected chi connectivity index (χ0v) is 24.5. The minimum absolute atomic E-state index is 0.0119. The third kappa shape index (κ3) is 3.46. The molecular weight excluding hydrogens is 546 g/mol. The number of nitrogens with zero attached hydrogens (tertiary/aromatic N) is 1. The Hall–Kier alpha value is -5.80. The fourth-order valence-corrected chi connectivity index (χ4v) is 7.97. The molecule has 3 heteroatoms. The Labute approximate surface area is 261 Å². The van der Waals surface area contributed by atoms with E-state index in [-0.39, 0.29) is 12.2 Å². The molecule has 8 aromatic rings. The number of anilines is 2. The maximum atomic E-state index is 3.99. The van der Waals surface area contributed by atoms with E-state index in [1.807, 2.05) is 0 Å². The number of para-hydroxylation sites is 3. The van der Waals surface area contributed by atoms with Crippen LogP contribution in [-0.4, -0.2) is 4.57 Å². The lowest BCUT2D eigenvalue weighted by Crippen LogP contribution is -2.34. The summed E-state index contributed by atoms with van der Waals surface area (Å²) in [5, 5.41) is 13.1. The summed E-state index contributed by atoms with van der Waals surface area (Å²) in [5.41, 5.74) is 13.6. The van der Waals surface area contributed by atoms with Crippen molar-refractivity contribution < 1.29 is 0 Å². The molecule has 2 unspecified atom stereocenters. The van der Waals surface area contributed by atoms with Crippen LogP contribution < -0.4 is 10.6 Å². The van der Waals surface area contributed by atoms with Gasteiger partial charge >= 0.3 is 0 Å². The van der Waals surface area contributed by atoms with Crippen molar-refractivity contribution in [3.63, 3.8) is 0 Å². The van der Waals surface area contributed by atoms with Gasteiger partial charge in [-0.05, 0) is 74.0 Å². The molecule has 0 amide bonds. The first-order valence-electron chi connectivity index (χ1n) is 15.7. The van der Waals surface area contributed by atoms with Crippen LogP contribution in [0.3, 0.4) is 0 Å². The number of nitrogens with one attached hydrogen (secondary N) is 2. The van der Waals surface area contributed by atoms with E-state index >= 15 is 0 Å². The fraction of sp³-hybridized carbons (Fsp3) is 0.0476. The highest BCUT2D eigenvalue weighted by Crippen LogP contribution is 2.52. The van der Waals surface area contributed by atoms with E-state index in [9.17, 15) is 0 Å². The molecule has 2 heterocycles. The van der Waals surface area contributed by atoms with Gasteiger partial charge < -0.3 is 15.2 Å². The Morgan fingerprint density at radius 2 is 0.956 bits per heavy atom. The van der Waals surface area contributed by atoms with Crippen molar-refractivity contribution in [3.05, 3.63) is 157 Å². The van der Waals surface area contributed by atoms with Crippen LogP contribution in [0.2, 0.25) is 0 Å². The van der Waals surface area contributed by atoms with Crippen molar-refractivity contribution in [2.45, 2.75) is 12.2 Å². The van der Waals surface area contributed by atoms with Gasteiger partial charge in [0.1, 0.15) is 6.17 Å². The second kappa shape index (κ2) is 9.35. The molecule has 2 aliphatic rings. The minimum atomic E-state index is -0.0734. The van der Waals surface area contributed by atoms with Crippen LogP contribution in [0.5, 0.6) is 0 Å². The molecule has 7 aromatic carbocycles. The van der Waals surface area contributed by atoms with Gasteiger partial charge in [-0.3, -0.25) is 0 Å². The van der Waals surface area contributed by atoms with Gasteiger partial charge in [-0.1, -0.05) is 127 Å². The highest BCUT2D eigenvalue weighted by molar-refractivity contribution is 6.27. The molecule has 1 aliphatic heterocycles. The summed E-state index contributed by atoms with van der Waals surface area (Å²) >= 11 is 0. The third-order valence-electron chi connectivity index (χ3n) is 9.85. The second-order valence-corrected chi connectivity index (χ2v) is 12.2. The van der Waals surface area contributed by atoms with Gasteiger partial charge in [0, 0.05) is 10.8 Å². The Balaban J connectivity index is 1.35. The molecule has 0 saturated carbocycles. The van der Waals surface area contributed by atoms with Crippen LogP contribution in [0.15, 0.2) is 152 Å². The van der Waals surface area contributed by atoms with E-state index < -0.39 is 0 Å². The maximum Gasteiger partial charge on any atom is 0.129 e. The van der Waals surface area contributed by atoms with Crippen molar-refractivity contribution in [3.8, 4) is 33.4 Å². The number of hydrogen-bond donors (Lipinski definition) is 2. The standard InChI is InChI=1S/C42H29N3/c1-2-13-26(14-3-1)41-42(44-36-23-10-9-22-35(36)43-41)45-37-24-11-8-19-32(37)40-33-21-12-20-31-29-17-6-4-15-27(29)28-16-5-7-18-30(28)34(39(31)33)25-38(40)45/h1-25,41-44H. The quantitative estimate of drug-likeness (QED) is 0.215. The summed E-state index contributed by atoms with van der Waals surface area (Å²) < 4.78 is 2.55. The van der Waals surface area contributed by atoms with Gasteiger partial charge in [0.15, 0.2) is 0 Å². The molecule has 0 saturated heterocycles. The lowest BCUT2D eigenvalue weighted by molar-refractivity contribution is 0.506. The molecule has 2 atom stereocenters. The molecule has 2 N–H and O–H groups in total. The first-order chi connectivity index (χ1) is 22.3. The van der Waals surface area contributed by atoms with Crippen molar-refractivity contribution in [2.24, 2.45) is 0 Å². The summed E-state index contributed by atoms with van der Waals surface area (Å²) in [5.74, 6) is 0. The third-order valence-corrected chi connectivity index (χ3v) is 9.85. The molecule has 212 valence electrons. The van der Waals surface area contributed by atoms with Crippen molar-refractivity contribution in [2.75, 3.05) is 10.6 Å². The Kier molecular flexibility index (Phi) is 5.11. The lowest BCUT2D eigenvalue weighted by atomic mass is 9.91. The van der Waals surface area contributed by atoms with Crippen LogP contribution in [-0.2, 0) is 0 Å². The molecule has 45 heavy (non-hydrogen) atoms. The Morgan fingerprint density at radius 1 is 0.400 bits per heavy atom. The molecular formula is C42H29N3. The van der Waals surface area contributed by atoms with Crippen LogP contribution in [0, 0.1) is 0 Å². The molecule has 10 rings (SSSR count). The van der Waals surface area contributed by atoms with Gasteiger partial charge in [0.2, 0.25) is 0 Å². The van der Waals surface area contributed by atoms with Gasteiger partial charge in [0.25, 0.3) is 0 Å². The minimum Gasteiger partial charge on any atom is -0.373 e. The molecule has 0 bridgehead atoms. The Morgan fingerprint density at radius 3 is 1.71 bits per heavy atom. The summed E-state index contributed by atoms with van der Waals surface area (Å²) in [4.78, 5) is 0. The SMILES string of the molecule is c1ccc(C2Nc3ccccc3NC2n2c3ccccc3c3c4cccc5c4c(cc32)-c2ccccc2-c2ccccc2-5)cc1. The number of fused-ring (bicyclic) bond motifs is 10. The predicted molar refractivity (Wildman–Crippen MR) is 189 cm³/mol. The zero-order chi connectivity index (χ0) is 29.5. The smallest absolute Gasteiger partial charge is 0.129 e. The first kappa shape index (κ1) is 24.6. The van der Waals surface area contributed by atoms with Crippen molar-refractivity contribution in [1.29, 1.82) is 0 Å². The van der Waals surface area contributed by atoms with Crippen LogP contribution in [0.25, 0.3) is 66.0 Å². The van der Waals surface area contributed by atoms with Gasteiger partial charge in [-0.2, -0.15) is 0 Å². The highest BCUT2D eigenvalue weighted by Gasteiger charge is 2.33. The van der Waals surface area contributed by atoms with Gasteiger partial charge in [-0.15, -0.1) is 0 Å². The molecule has 1 aliphatic carbocycles. The zero-order valence-electron chi connectivity index (χ0n) is 24.5. The average Bonchev–Trinajstić information content (AvgIpc) is 3.39. The average molecular weight is 576 g/mol. The topological polar surface area (TPSA) is 29.0 Å². The summed E-state index contributed by atoms with van der Waals surface area (Å²) in [7, 11) is 0. The van der Waals surface area contributed by atoms with Crippen molar-refractivity contribution in [1.82, 2.24) is 4.57 Å². The first-order valence-corrected chi connectivity index (χ1v) is 15.7. The number of rotatable bonds is 2. The predicted octanol–water partition coefficient (Wildman–Crippen LogP) is 11.0. The van der Waals surface area contributed by atoms with E-state index in [0.717, 1.165) is 11.4 Å². The summed E-state index contributed by atoms with van der Waals surface area (Å²) in [6.07, 6.45) is -0.0734. The molecule has 0 fully saturated rings. The molecule has 3 nitrogen and oxygen atoms in total. The second-order valence-electron chi connectivity index (χ2n) is 12.2. The Bertz CT molecular complexity index is 2450. The number of benzene rings is 7. The van der Waals surface area contributed by atoms with E-state index in [2.05, 4.69) is 167 Å². The van der Waals surface area contributed by atoms with Gasteiger partial charge in [0.05, 0.1) is 28.5 Å². The lowest BCUT2D eigenvalue weighted by Gasteiger charge is -2.38. The normalized spacial score (nSPS) is 16.4. The summed E-state index contributed by atoms with van der Waals surface area (Å²) in [6.45, 7) is 0. The maximum absolute atomic E-state index is 3.99. The van der Waals surface area contributed by atoms with Crippen LogP contribution in [0.1, 0.15) is 17.8 Å². The number of aromatic nitrogens is 1. The summed E-state index contributed by atoms with van der Waals surface area (Å²) in [6, 6.07) is 55.4. The van der Waals surface area contributed by atoms with E-state index in [0.29, 0.717) is 0 Å². The van der Waals surface area contributed by atoms with Gasteiger partial charge in [-0.25, -0.2) is 0 Å². The van der Waals surface area contributed by atoms with Crippen LogP contribution in [0.4, 0.5) is 11.4 Å². The molecule has 0 spiro atoms. The largest absolute Gasteiger partial charge is 0.373 e. The monoisotopic (exact) mass is 575 g/mol. The van der Waals surface area contributed by atoms with E-state index in [4.69, 9.17) is 0 Å². The van der Waals surface area contributed by atoms with E-state index in [1.54, 1.807) is 0 Å². The number of hydrogen-bond acceptors (Lipinski definition) is 2. The molecule has 0 radical (unpaired) electrons. The highest BCUT2D eigenvalue weighted by atomic mass is 15.3. The van der Waals surface area contributed by atoms with E-state index in [1.165, 1.54) is 71.5 Å². The van der Waals surface area contributed by atoms with Crippen molar-refractivity contribution >= 4 is 44.0 Å². The fourth-order valence-electron chi connectivity index (χ4n) is 7.97. The molecule has 1 aromatic heterocycles. The van der Waals surface area contributed by atoms with Crippen LogP contribution >= 0.6 is 0 Å².